The standard InChI is InChI=1S/C17H21N3S/c1-18-15-8-7-14(13-5-3-2-4-6-13)11-16(15)21-17-9-10-19-12-20-17/h2-6,9-10,12,14-16,18H,7-8,11H2,1H3. The predicted molar refractivity (Wildman–Crippen MR) is 87.6 cm³/mol. The van der Waals surface area contributed by atoms with E-state index in [1.165, 1.54) is 24.8 Å². The molecular weight excluding hydrogens is 278 g/mol. The van der Waals surface area contributed by atoms with Crippen molar-refractivity contribution in [2.75, 3.05) is 7.05 Å². The van der Waals surface area contributed by atoms with Crippen LogP contribution in [0.3, 0.4) is 0 Å². The Morgan fingerprint density at radius 2 is 2.00 bits per heavy atom. The normalized spacial score (nSPS) is 25.7. The Kier molecular flexibility index (Phi) is 4.88. The van der Waals surface area contributed by atoms with Crippen LogP contribution >= 0.6 is 11.8 Å². The minimum atomic E-state index is 0.559. The molecular formula is C17H21N3S. The van der Waals surface area contributed by atoms with Gasteiger partial charge in [-0.15, -0.1) is 11.8 Å². The van der Waals surface area contributed by atoms with E-state index in [1.54, 1.807) is 6.33 Å². The smallest absolute Gasteiger partial charge is 0.116 e. The Morgan fingerprint density at radius 1 is 1.14 bits per heavy atom. The van der Waals surface area contributed by atoms with Crippen LogP contribution in [0.2, 0.25) is 0 Å². The Labute approximate surface area is 130 Å². The number of thioether (sulfide) groups is 1. The highest BCUT2D eigenvalue weighted by Crippen LogP contribution is 2.40. The van der Waals surface area contributed by atoms with Crippen LogP contribution in [0.1, 0.15) is 30.7 Å². The molecule has 3 unspecified atom stereocenters. The van der Waals surface area contributed by atoms with E-state index in [0.717, 1.165) is 5.03 Å². The number of rotatable bonds is 4. The van der Waals surface area contributed by atoms with Crippen LogP contribution in [-0.2, 0) is 0 Å². The van der Waals surface area contributed by atoms with E-state index in [9.17, 15) is 0 Å². The predicted octanol–water partition coefficient (Wildman–Crippen LogP) is 3.49. The molecule has 3 nitrogen and oxygen atoms in total. The van der Waals surface area contributed by atoms with Gasteiger partial charge in [-0.25, -0.2) is 9.97 Å². The van der Waals surface area contributed by atoms with Gasteiger partial charge in [0, 0.05) is 17.5 Å². The maximum Gasteiger partial charge on any atom is 0.116 e. The second-order valence-corrected chi connectivity index (χ2v) is 6.78. The zero-order chi connectivity index (χ0) is 14.5. The first-order valence-corrected chi connectivity index (χ1v) is 8.39. The topological polar surface area (TPSA) is 37.8 Å². The van der Waals surface area contributed by atoms with Crippen LogP contribution in [0.15, 0.2) is 53.9 Å². The highest BCUT2D eigenvalue weighted by atomic mass is 32.2. The summed E-state index contributed by atoms with van der Waals surface area (Å²) in [6, 6.07) is 13.5. The minimum absolute atomic E-state index is 0.559. The first kappa shape index (κ1) is 14.5. The molecule has 1 N–H and O–H groups in total. The second kappa shape index (κ2) is 7.05. The lowest BCUT2D eigenvalue weighted by molar-refractivity contribution is 0.369. The van der Waals surface area contributed by atoms with Crippen molar-refractivity contribution >= 4 is 11.8 Å². The molecule has 1 aliphatic rings. The van der Waals surface area contributed by atoms with Crippen molar-refractivity contribution in [3.8, 4) is 0 Å². The van der Waals surface area contributed by atoms with Crippen molar-refractivity contribution in [3.63, 3.8) is 0 Å². The minimum Gasteiger partial charge on any atom is -0.316 e. The van der Waals surface area contributed by atoms with Gasteiger partial charge in [0.2, 0.25) is 0 Å². The molecule has 1 saturated carbocycles. The molecule has 1 fully saturated rings. The average Bonchev–Trinajstić information content (AvgIpc) is 2.56. The molecule has 2 aromatic rings. The Bertz CT molecular complexity index is 546. The van der Waals surface area contributed by atoms with Gasteiger partial charge in [-0.3, -0.25) is 0 Å². The lowest BCUT2D eigenvalue weighted by Crippen LogP contribution is -2.40. The summed E-state index contributed by atoms with van der Waals surface area (Å²) >= 11 is 1.88. The molecule has 0 bridgehead atoms. The van der Waals surface area contributed by atoms with Gasteiger partial charge in [-0.1, -0.05) is 30.3 Å². The van der Waals surface area contributed by atoms with Gasteiger partial charge in [0.1, 0.15) is 6.33 Å². The van der Waals surface area contributed by atoms with Crippen molar-refractivity contribution in [2.24, 2.45) is 0 Å². The fraction of sp³-hybridized carbons (Fsp3) is 0.412. The third-order valence-corrected chi connectivity index (χ3v) is 5.57. The second-order valence-electron chi connectivity index (χ2n) is 5.52. The summed E-state index contributed by atoms with van der Waals surface area (Å²) in [5.41, 5.74) is 1.47. The maximum atomic E-state index is 4.36. The fourth-order valence-corrected chi connectivity index (χ4v) is 4.44. The summed E-state index contributed by atoms with van der Waals surface area (Å²) < 4.78 is 0. The summed E-state index contributed by atoms with van der Waals surface area (Å²) in [5.74, 6) is 0.662. The van der Waals surface area contributed by atoms with Gasteiger partial charge in [-0.05, 0) is 43.9 Å². The molecule has 0 amide bonds. The lowest BCUT2D eigenvalue weighted by Gasteiger charge is -2.35. The van der Waals surface area contributed by atoms with E-state index in [1.807, 2.05) is 24.0 Å². The van der Waals surface area contributed by atoms with Crippen LogP contribution in [0.25, 0.3) is 0 Å². The van der Waals surface area contributed by atoms with E-state index in [0.29, 0.717) is 17.2 Å². The van der Waals surface area contributed by atoms with Crippen LogP contribution < -0.4 is 5.32 Å². The molecule has 0 spiro atoms. The number of hydrogen-bond acceptors (Lipinski definition) is 4. The molecule has 4 heteroatoms. The Hall–Kier alpha value is -1.39. The zero-order valence-electron chi connectivity index (χ0n) is 12.3. The summed E-state index contributed by atoms with van der Waals surface area (Å²) in [6.07, 6.45) is 7.13. The van der Waals surface area contributed by atoms with Crippen molar-refractivity contribution in [1.82, 2.24) is 15.3 Å². The number of hydrogen-bond donors (Lipinski definition) is 1. The van der Waals surface area contributed by atoms with E-state index in [-0.39, 0.29) is 0 Å². The van der Waals surface area contributed by atoms with Gasteiger partial charge in [0.25, 0.3) is 0 Å². The lowest BCUT2D eigenvalue weighted by atomic mass is 9.81. The van der Waals surface area contributed by atoms with Crippen molar-refractivity contribution in [2.45, 2.75) is 41.5 Å². The van der Waals surface area contributed by atoms with E-state index >= 15 is 0 Å². The first-order chi connectivity index (χ1) is 10.4. The van der Waals surface area contributed by atoms with Gasteiger partial charge < -0.3 is 5.32 Å². The third-order valence-electron chi connectivity index (χ3n) is 4.26. The highest BCUT2D eigenvalue weighted by molar-refractivity contribution is 7.99. The van der Waals surface area contributed by atoms with E-state index in [4.69, 9.17) is 0 Å². The van der Waals surface area contributed by atoms with Crippen LogP contribution in [-0.4, -0.2) is 28.3 Å². The molecule has 3 atom stereocenters. The average molecular weight is 299 g/mol. The number of nitrogens with zero attached hydrogens (tertiary/aromatic N) is 2. The molecule has 1 heterocycles. The van der Waals surface area contributed by atoms with Gasteiger partial charge >= 0.3 is 0 Å². The Morgan fingerprint density at radius 3 is 2.71 bits per heavy atom. The number of nitrogens with one attached hydrogen (secondary N) is 1. The molecule has 0 saturated heterocycles. The largest absolute Gasteiger partial charge is 0.316 e. The molecule has 21 heavy (non-hydrogen) atoms. The van der Waals surface area contributed by atoms with Gasteiger partial charge in [0.05, 0.1) is 5.03 Å². The summed E-state index contributed by atoms with van der Waals surface area (Å²) in [7, 11) is 2.07. The summed E-state index contributed by atoms with van der Waals surface area (Å²) in [4.78, 5) is 8.36. The molecule has 110 valence electrons. The van der Waals surface area contributed by atoms with E-state index < -0.39 is 0 Å². The summed E-state index contributed by atoms with van der Waals surface area (Å²) in [6.45, 7) is 0. The Balaban J connectivity index is 1.73. The first-order valence-electron chi connectivity index (χ1n) is 7.51. The van der Waals surface area contributed by atoms with Crippen LogP contribution in [0.5, 0.6) is 0 Å². The summed E-state index contributed by atoms with van der Waals surface area (Å²) in [5, 5.41) is 5.11. The SMILES string of the molecule is CNC1CCC(c2ccccc2)CC1Sc1ccncn1. The molecule has 1 aromatic carbocycles. The van der Waals surface area contributed by atoms with Gasteiger partial charge in [-0.2, -0.15) is 0 Å². The monoisotopic (exact) mass is 299 g/mol. The van der Waals surface area contributed by atoms with Crippen molar-refractivity contribution < 1.29 is 0 Å². The fourth-order valence-electron chi connectivity index (χ4n) is 3.12. The van der Waals surface area contributed by atoms with Crippen LogP contribution in [0.4, 0.5) is 0 Å². The maximum absolute atomic E-state index is 4.36. The van der Waals surface area contributed by atoms with Crippen molar-refractivity contribution in [3.05, 3.63) is 54.5 Å². The molecule has 3 rings (SSSR count). The molecule has 0 aliphatic heterocycles. The molecule has 1 aliphatic carbocycles. The molecule has 1 aromatic heterocycles. The quantitative estimate of drug-likeness (QED) is 0.877. The number of aromatic nitrogens is 2. The van der Waals surface area contributed by atoms with Crippen molar-refractivity contribution in [1.29, 1.82) is 0 Å². The molecule has 0 radical (unpaired) electrons. The number of benzene rings is 1. The third kappa shape index (κ3) is 3.63. The zero-order valence-corrected chi connectivity index (χ0v) is 13.1. The van der Waals surface area contributed by atoms with E-state index in [2.05, 4.69) is 52.7 Å². The highest BCUT2D eigenvalue weighted by Gasteiger charge is 2.31. The van der Waals surface area contributed by atoms with Gasteiger partial charge in [0.15, 0.2) is 0 Å². The van der Waals surface area contributed by atoms with Crippen LogP contribution in [0, 0.1) is 0 Å².